The van der Waals surface area contributed by atoms with E-state index in [0.29, 0.717) is 18.7 Å². The van der Waals surface area contributed by atoms with Gasteiger partial charge in [0.05, 0.1) is 6.10 Å². The van der Waals surface area contributed by atoms with Gasteiger partial charge in [0.25, 0.3) is 0 Å². The van der Waals surface area contributed by atoms with Gasteiger partial charge < -0.3 is 15.1 Å². The third kappa shape index (κ3) is 2.39. The second kappa shape index (κ2) is 5.07. The van der Waals surface area contributed by atoms with Crippen LogP contribution in [0.2, 0.25) is 0 Å². The van der Waals surface area contributed by atoms with E-state index in [1.807, 2.05) is 14.1 Å². The molecule has 1 aromatic rings. The van der Waals surface area contributed by atoms with E-state index in [2.05, 4.69) is 4.98 Å². The van der Waals surface area contributed by atoms with Crippen LogP contribution in [0.15, 0.2) is 17.1 Å². The fraction of sp³-hybridized carbons (Fsp3) is 0.667. The average Bonchev–Trinajstić information content (AvgIpc) is 2.70. The second-order valence-electron chi connectivity index (χ2n) is 5.01. The molecule has 1 heterocycles. The molecule has 6 heteroatoms. The minimum atomic E-state index is -0.541. The Bertz CT molecular complexity index is 472. The van der Waals surface area contributed by atoms with Gasteiger partial charge in [0.15, 0.2) is 0 Å². The summed E-state index contributed by atoms with van der Waals surface area (Å²) in [5.74, 6) is 0.476. The maximum atomic E-state index is 11.9. The largest absolute Gasteiger partial charge is 0.396 e. The van der Waals surface area contributed by atoms with Gasteiger partial charge in [-0.15, -0.1) is 0 Å². The van der Waals surface area contributed by atoms with Crippen LogP contribution in [0.4, 0.5) is 5.82 Å². The van der Waals surface area contributed by atoms with Crippen molar-refractivity contribution in [2.45, 2.75) is 25.0 Å². The van der Waals surface area contributed by atoms with Crippen LogP contribution in [-0.2, 0) is 0 Å². The normalized spacial score (nSPS) is 27.4. The molecule has 18 heavy (non-hydrogen) atoms. The molecule has 1 aliphatic rings. The molecule has 0 bridgehead atoms. The molecule has 0 unspecified atom stereocenters. The predicted molar refractivity (Wildman–Crippen MR) is 67.7 cm³/mol. The highest BCUT2D eigenvalue weighted by Gasteiger charge is 2.33. The first kappa shape index (κ1) is 13.0. The van der Waals surface area contributed by atoms with Crippen LogP contribution < -0.4 is 10.6 Å². The van der Waals surface area contributed by atoms with Crippen molar-refractivity contribution >= 4 is 5.82 Å². The minimum absolute atomic E-state index is 0.0460. The highest BCUT2D eigenvalue weighted by Crippen LogP contribution is 2.33. The number of anilines is 1. The second-order valence-corrected chi connectivity index (χ2v) is 5.01. The molecule has 0 aliphatic heterocycles. The van der Waals surface area contributed by atoms with Crippen LogP contribution in [0.3, 0.4) is 0 Å². The van der Waals surface area contributed by atoms with Crippen LogP contribution in [0, 0.1) is 5.92 Å². The Kier molecular flexibility index (Phi) is 3.68. The van der Waals surface area contributed by atoms with Gasteiger partial charge in [0, 0.05) is 38.9 Å². The maximum absolute atomic E-state index is 11.9. The third-order valence-corrected chi connectivity index (χ3v) is 3.53. The Morgan fingerprint density at radius 3 is 2.72 bits per heavy atom. The summed E-state index contributed by atoms with van der Waals surface area (Å²) < 4.78 is 1.55. The molecule has 1 saturated carbocycles. The molecule has 0 aromatic carbocycles. The summed E-state index contributed by atoms with van der Waals surface area (Å²) in [6.45, 7) is -0.0460. The number of hydrogen-bond acceptors (Lipinski definition) is 5. The quantitative estimate of drug-likeness (QED) is 0.767. The smallest absolute Gasteiger partial charge is 0.349 e. The lowest BCUT2D eigenvalue weighted by atomic mass is 10.1. The van der Waals surface area contributed by atoms with Crippen LogP contribution in [-0.4, -0.2) is 46.6 Å². The van der Waals surface area contributed by atoms with Gasteiger partial charge in [0.1, 0.15) is 5.82 Å². The summed E-state index contributed by atoms with van der Waals surface area (Å²) in [6.07, 6.45) is 2.27. The van der Waals surface area contributed by atoms with E-state index in [4.69, 9.17) is 5.11 Å². The van der Waals surface area contributed by atoms with Crippen LogP contribution in [0.25, 0.3) is 0 Å². The first-order chi connectivity index (χ1) is 8.52. The minimum Gasteiger partial charge on any atom is -0.396 e. The third-order valence-electron chi connectivity index (χ3n) is 3.53. The molecule has 0 radical (unpaired) electrons. The lowest BCUT2D eigenvalue weighted by Gasteiger charge is -2.15. The SMILES string of the molecule is CN(C)c1ccn([C@H]2C[C@@H](CO)[C@H](O)C2)c(=O)n1. The van der Waals surface area contributed by atoms with Crippen molar-refractivity contribution in [2.75, 3.05) is 25.6 Å². The zero-order valence-corrected chi connectivity index (χ0v) is 10.7. The highest BCUT2D eigenvalue weighted by atomic mass is 16.3. The van der Waals surface area contributed by atoms with Crippen molar-refractivity contribution in [1.82, 2.24) is 9.55 Å². The van der Waals surface area contributed by atoms with E-state index in [1.54, 1.807) is 21.7 Å². The van der Waals surface area contributed by atoms with Gasteiger partial charge in [-0.2, -0.15) is 4.98 Å². The Morgan fingerprint density at radius 2 is 2.22 bits per heavy atom. The van der Waals surface area contributed by atoms with Crippen molar-refractivity contribution in [2.24, 2.45) is 5.92 Å². The van der Waals surface area contributed by atoms with Gasteiger partial charge in [-0.25, -0.2) is 4.79 Å². The van der Waals surface area contributed by atoms with E-state index < -0.39 is 6.10 Å². The summed E-state index contributed by atoms with van der Waals surface area (Å²) >= 11 is 0. The monoisotopic (exact) mass is 253 g/mol. The topological polar surface area (TPSA) is 78.6 Å². The molecular weight excluding hydrogens is 234 g/mol. The molecule has 1 aromatic heterocycles. The number of hydrogen-bond donors (Lipinski definition) is 2. The summed E-state index contributed by atoms with van der Waals surface area (Å²) in [5.41, 5.74) is -0.308. The first-order valence-corrected chi connectivity index (χ1v) is 6.08. The molecule has 0 spiro atoms. The Morgan fingerprint density at radius 1 is 1.50 bits per heavy atom. The van der Waals surface area contributed by atoms with Gasteiger partial charge in [0.2, 0.25) is 0 Å². The van der Waals surface area contributed by atoms with Gasteiger partial charge in [-0.3, -0.25) is 4.57 Å². The van der Waals surface area contributed by atoms with E-state index in [9.17, 15) is 9.90 Å². The Labute approximate surface area is 106 Å². The summed E-state index contributed by atoms with van der Waals surface area (Å²) in [4.78, 5) is 17.7. The lowest BCUT2D eigenvalue weighted by molar-refractivity contribution is 0.0906. The van der Waals surface area contributed by atoms with Crippen molar-refractivity contribution in [1.29, 1.82) is 0 Å². The van der Waals surface area contributed by atoms with Crippen molar-refractivity contribution in [3.63, 3.8) is 0 Å². The summed E-state index contributed by atoms with van der Waals surface area (Å²) in [6, 6.07) is 1.70. The Hall–Kier alpha value is -1.40. The number of aliphatic hydroxyl groups is 2. The zero-order chi connectivity index (χ0) is 13.3. The van der Waals surface area contributed by atoms with Crippen LogP contribution in [0.5, 0.6) is 0 Å². The lowest BCUT2D eigenvalue weighted by Crippen LogP contribution is -2.28. The molecule has 0 amide bonds. The number of aromatic nitrogens is 2. The molecule has 6 nitrogen and oxygen atoms in total. The predicted octanol–water partition coefficient (Wildman–Crippen LogP) is -0.386. The molecule has 2 rings (SSSR count). The number of aliphatic hydroxyl groups excluding tert-OH is 2. The molecule has 1 aliphatic carbocycles. The van der Waals surface area contributed by atoms with Crippen molar-refractivity contribution in [3.05, 3.63) is 22.7 Å². The molecule has 1 fully saturated rings. The van der Waals surface area contributed by atoms with E-state index in [-0.39, 0.29) is 24.3 Å². The Balaban J connectivity index is 2.23. The first-order valence-electron chi connectivity index (χ1n) is 6.08. The summed E-state index contributed by atoms with van der Waals surface area (Å²) in [5, 5.41) is 18.9. The standard InChI is InChI=1S/C12H19N3O3/c1-14(2)11-3-4-15(12(18)13-11)9-5-8(7-16)10(17)6-9/h3-4,8-10,16-17H,5-7H2,1-2H3/t8-,9-,10+/m0/s1. The molecular formula is C12H19N3O3. The molecule has 3 atom stereocenters. The molecule has 2 N–H and O–H groups in total. The number of rotatable bonds is 3. The van der Waals surface area contributed by atoms with Crippen molar-refractivity contribution < 1.29 is 10.2 Å². The van der Waals surface area contributed by atoms with Crippen molar-refractivity contribution in [3.8, 4) is 0 Å². The van der Waals surface area contributed by atoms with Gasteiger partial charge in [-0.1, -0.05) is 0 Å². The van der Waals surface area contributed by atoms with E-state index >= 15 is 0 Å². The van der Waals surface area contributed by atoms with Crippen LogP contribution in [0.1, 0.15) is 18.9 Å². The van der Waals surface area contributed by atoms with Gasteiger partial charge in [-0.05, 0) is 18.9 Å². The fourth-order valence-electron chi connectivity index (χ4n) is 2.43. The highest BCUT2D eigenvalue weighted by molar-refractivity contribution is 5.33. The van der Waals surface area contributed by atoms with E-state index in [0.717, 1.165) is 0 Å². The zero-order valence-electron chi connectivity index (χ0n) is 10.7. The van der Waals surface area contributed by atoms with E-state index in [1.165, 1.54) is 0 Å². The molecule has 100 valence electrons. The average molecular weight is 253 g/mol. The summed E-state index contributed by atoms with van der Waals surface area (Å²) in [7, 11) is 3.65. The van der Waals surface area contributed by atoms with Gasteiger partial charge >= 0.3 is 5.69 Å². The number of nitrogens with zero attached hydrogens (tertiary/aromatic N) is 3. The van der Waals surface area contributed by atoms with Crippen LogP contribution >= 0.6 is 0 Å². The fourth-order valence-corrected chi connectivity index (χ4v) is 2.43. The maximum Gasteiger partial charge on any atom is 0.349 e. The molecule has 0 saturated heterocycles.